The van der Waals surface area contributed by atoms with Gasteiger partial charge < -0.3 is 32.5 Å². The molecule has 0 aliphatic rings. The summed E-state index contributed by atoms with van der Waals surface area (Å²) in [5, 5.41) is 16.7. The lowest BCUT2D eigenvalue weighted by molar-refractivity contribution is -0.142. The predicted octanol–water partition coefficient (Wildman–Crippen LogP) is -1.54. The van der Waals surface area contributed by atoms with Gasteiger partial charge in [0.05, 0.1) is 12.5 Å². The normalized spacial score (nSPS) is 14.8. The zero-order chi connectivity index (χ0) is 24.1. The van der Waals surface area contributed by atoms with E-state index in [0.717, 1.165) is 0 Å². The van der Waals surface area contributed by atoms with E-state index in [1.165, 1.54) is 11.8 Å². The van der Waals surface area contributed by atoms with Crippen molar-refractivity contribution in [1.29, 1.82) is 0 Å². The van der Waals surface area contributed by atoms with Gasteiger partial charge in [-0.3, -0.25) is 19.2 Å². The highest BCUT2D eigenvalue weighted by Crippen LogP contribution is 2.07. The van der Waals surface area contributed by atoms with Crippen molar-refractivity contribution in [2.24, 2.45) is 17.4 Å². The number of hydrogen-bond donors (Lipinski definition) is 7. The summed E-state index contributed by atoms with van der Waals surface area (Å²) in [6, 6.07) is -4.44. The second-order valence-electron chi connectivity index (χ2n) is 7.39. The van der Waals surface area contributed by atoms with Crippen molar-refractivity contribution in [2.45, 2.75) is 57.3 Å². The topological polar surface area (TPSA) is 194 Å². The van der Waals surface area contributed by atoms with E-state index in [0.29, 0.717) is 5.75 Å². The second-order valence-corrected chi connectivity index (χ2v) is 8.74. The van der Waals surface area contributed by atoms with Crippen LogP contribution in [0.15, 0.2) is 0 Å². The van der Waals surface area contributed by atoms with Crippen LogP contribution in [0, 0.1) is 5.92 Å². The molecule has 13 heteroatoms. The number of amides is 4. The van der Waals surface area contributed by atoms with Gasteiger partial charge >= 0.3 is 5.97 Å². The van der Waals surface area contributed by atoms with Gasteiger partial charge in [-0.1, -0.05) is 13.8 Å². The van der Waals surface area contributed by atoms with E-state index < -0.39 is 60.2 Å². The average Bonchev–Trinajstić information content (AvgIpc) is 2.67. The Balaban J connectivity index is 5.22. The van der Waals surface area contributed by atoms with E-state index in [1.54, 1.807) is 0 Å². The summed E-state index contributed by atoms with van der Waals surface area (Å²) >= 11 is 5.49. The number of carbonyl (C=O) groups excluding carboxylic acids is 4. The summed E-state index contributed by atoms with van der Waals surface area (Å²) in [6.07, 6.45) is 1.92. The summed E-state index contributed by atoms with van der Waals surface area (Å²) in [5.41, 5.74) is 10.6. The number of primary amides is 1. The van der Waals surface area contributed by atoms with Gasteiger partial charge in [0.1, 0.15) is 18.1 Å². The molecule has 0 radical (unpaired) electrons. The SMILES string of the molecule is CSCCC(NC(=O)C(CS)NC(=O)C(N)CC(N)=O)C(=O)NC(CC(C)C)C(=O)O. The predicted molar refractivity (Wildman–Crippen MR) is 122 cm³/mol. The molecule has 8 N–H and O–H groups in total. The first-order chi connectivity index (χ1) is 14.4. The van der Waals surface area contributed by atoms with Gasteiger partial charge in [-0.2, -0.15) is 24.4 Å². The molecule has 4 amide bonds. The van der Waals surface area contributed by atoms with E-state index in [2.05, 4.69) is 28.6 Å². The van der Waals surface area contributed by atoms with Gasteiger partial charge in [-0.25, -0.2) is 4.79 Å². The molecular weight excluding hydrogens is 446 g/mol. The minimum Gasteiger partial charge on any atom is -0.480 e. The van der Waals surface area contributed by atoms with E-state index in [4.69, 9.17) is 11.5 Å². The third-order valence-corrected chi connectivity index (χ3v) is 5.15. The van der Waals surface area contributed by atoms with Crippen LogP contribution in [-0.4, -0.2) is 76.6 Å². The molecule has 4 atom stereocenters. The number of thioether (sulfide) groups is 1. The zero-order valence-electron chi connectivity index (χ0n) is 17.9. The minimum atomic E-state index is -1.23. The molecule has 0 rings (SSSR count). The van der Waals surface area contributed by atoms with Crippen LogP contribution >= 0.6 is 24.4 Å². The monoisotopic (exact) mass is 479 g/mol. The Kier molecular flexibility index (Phi) is 14.0. The Morgan fingerprint density at radius 3 is 1.94 bits per heavy atom. The molecule has 0 bridgehead atoms. The molecule has 0 heterocycles. The van der Waals surface area contributed by atoms with Crippen LogP contribution in [0.3, 0.4) is 0 Å². The lowest BCUT2D eigenvalue weighted by Crippen LogP contribution is -2.58. The van der Waals surface area contributed by atoms with Gasteiger partial charge in [0.25, 0.3) is 0 Å². The largest absolute Gasteiger partial charge is 0.480 e. The fourth-order valence-electron chi connectivity index (χ4n) is 2.52. The molecule has 0 aliphatic carbocycles. The van der Waals surface area contributed by atoms with Crippen LogP contribution in [0.1, 0.15) is 33.1 Å². The number of carboxylic acids is 1. The Bertz CT molecular complexity index is 649. The van der Waals surface area contributed by atoms with Crippen molar-refractivity contribution in [3.63, 3.8) is 0 Å². The molecule has 178 valence electrons. The van der Waals surface area contributed by atoms with Crippen LogP contribution in [0.2, 0.25) is 0 Å². The number of thiol groups is 1. The first-order valence-electron chi connectivity index (χ1n) is 9.70. The van der Waals surface area contributed by atoms with Crippen molar-refractivity contribution >= 4 is 54.0 Å². The number of rotatable bonds is 15. The maximum Gasteiger partial charge on any atom is 0.326 e. The Hall–Kier alpha value is -1.99. The number of nitrogens with two attached hydrogens (primary N) is 2. The minimum absolute atomic E-state index is 0.0361. The molecule has 0 saturated heterocycles. The molecule has 0 aromatic carbocycles. The van der Waals surface area contributed by atoms with Gasteiger partial charge in [-0.15, -0.1) is 0 Å². The molecule has 0 aromatic rings. The molecule has 11 nitrogen and oxygen atoms in total. The second kappa shape index (κ2) is 14.9. The first-order valence-corrected chi connectivity index (χ1v) is 11.7. The quantitative estimate of drug-likeness (QED) is 0.137. The summed E-state index contributed by atoms with van der Waals surface area (Å²) in [7, 11) is 0. The Morgan fingerprint density at radius 1 is 0.968 bits per heavy atom. The maximum absolute atomic E-state index is 12.7. The fourth-order valence-corrected chi connectivity index (χ4v) is 3.25. The number of carbonyl (C=O) groups is 5. The Morgan fingerprint density at radius 2 is 1.48 bits per heavy atom. The third kappa shape index (κ3) is 11.8. The summed E-state index contributed by atoms with van der Waals surface area (Å²) in [4.78, 5) is 59.7. The highest BCUT2D eigenvalue weighted by Gasteiger charge is 2.30. The summed E-state index contributed by atoms with van der Waals surface area (Å²) in [6.45, 7) is 3.66. The molecule has 0 aromatic heterocycles. The van der Waals surface area contributed by atoms with Gasteiger partial charge in [-0.05, 0) is 30.8 Å². The number of nitrogens with one attached hydrogen (secondary N) is 3. The number of carboxylic acid groups (broad SMARTS) is 1. The molecule has 0 saturated carbocycles. The average molecular weight is 480 g/mol. The van der Waals surface area contributed by atoms with Crippen LogP contribution < -0.4 is 27.4 Å². The standard InChI is InChI=1S/C18H33N5O6S2/c1-9(2)6-12(18(28)29)22-16(26)11(4-5-31-3)21-17(27)13(8-30)23-15(25)10(19)7-14(20)24/h9-13,30H,4-8,19H2,1-3H3,(H2,20,24)(H,21,27)(H,22,26)(H,23,25)(H,28,29). The maximum atomic E-state index is 12.7. The number of hydrogen-bond acceptors (Lipinski definition) is 8. The van der Waals surface area contributed by atoms with Gasteiger partial charge in [0.15, 0.2) is 0 Å². The zero-order valence-corrected chi connectivity index (χ0v) is 19.6. The molecule has 4 unspecified atom stereocenters. The van der Waals surface area contributed by atoms with Gasteiger partial charge in [0.2, 0.25) is 23.6 Å². The fraction of sp³-hybridized carbons (Fsp3) is 0.722. The summed E-state index contributed by atoms with van der Waals surface area (Å²) in [5.74, 6) is -3.55. The molecule has 0 fully saturated rings. The lowest BCUT2D eigenvalue weighted by Gasteiger charge is -2.24. The smallest absolute Gasteiger partial charge is 0.326 e. The van der Waals surface area contributed by atoms with Crippen LogP contribution in [0.25, 0.3) is 0 Å². The lowest BCUT2D eigenvalue weighted by atomic mass is 10.0. The van der Waals surface area contributed by atoms with Crippen molar-refractivity contribution < 1.29 is 29.1 Å². The van der Waals surface area contributed by atoms with Crippen molar-refractivity contribution in [3.05, 3.63) is 0 Å². The molecule has 0 spiro atoms. The number of aliphatic carboxylic acids is 1. The van der Waals surface area contributed by atoms with Gasteiger partial charge in [0, 0.05) is 5.75 Å². The molecular formula is C18H33N5O6S2. The van der Waals surface area contributed by atoms with E-state index >= 15 is 0 Å². The summed E-state index contributed by atoms with van der Waals surface area (Å²) < 4.78 is 0. The van der Waals surface area contributed by atoms with Crippen LogP contribution in [0.5, 0.6) is 0 Å². The van der Waals surface area contributed by atoms with E-state index in [9.17, 15) is 29.1 Å². The van der Waals surface area contributed by atoms with Crippen LogP contribution in [-0.2, 0) is 24.0 Å². The first kappa shape index (κ1) is 29.0. The van der Waals surface area contributed by atoms with Crippen LogP contribution in [0.4, 0.5) is 0 Å². The van der Waals surface area contributed by atoms with Crippen molar-refractivity contribution in [2.75, 3.05) is 17.8 Å². The molecule has 0 aliphatic heterocycles. The van der Waals surface area contributed by atoms with Crippen molar-refractivity contribution in [3.8, 4) is 0 Å². The highest BCUT2D eigenvalue weighted by atomic mass is 32.2. The molecule has 31 heavy (non-hydrogen) atoms. The van der Waals surface area contributed by atoms with E-state index in [-0.39, 0.29) is 24.5 Å². The third-order valence-electron chi connectivity index (χ3n) is 4.14. The van der Waals surface area contributed by atoms with E-state index in [1.807, 2.05) is 20.1 Å². The van der Waals surface area contributed by atoms with Crippen molar-refractivity contribution in [1.82, 2.24) is 16.0 Å². The highest BCUT2D eigenvalue weighted by molar-refractivity contribution is 7.98. The Labute approximate surface area is 191 Å².